The minimum atomic E-state index is 0.810. The highest BCUT2D eigenvalue weighted by molar-refractivity contribution is 5.20. The van der Waals surface area contributed by atoms with Gasteiger partial charge in [-0.25, -0.2) is 0 Å². The van der Waals surface area contributed by atoms with Crippen LogP contribution in [0.15, 0.2) is 30.3 Å². The van der Waals surface area contributed by atoms with E-state index in [0.717, 1.165) is 18.8 Å². The van der Waals surface area contributed by atoms with Gasteiger partial charge in [-0.05, 0) is 25.6 Å². The Balaban J connectivity index is 0.000000561. The van der Waals surface area contributed by atoms with E-state index < -0.39 is 0 Å². The molecule has 0 saturated heterocycles. The van der Waals surface area contributed by atoms with Crippen molar-refractivity contribution in [2.45, 2.75) is 13.3 Å². The number of para-hydroxylation sites is 1. The zero-order valence-electron chi connectivity index (χ0n) is 7.79. The fraction of sp³-hybridized carbons (Fsp3) is 0.400. The highest BCUT2D eigenvalue weighted by atomic mass is 16.5. The summed E-state index contributed by atoms with van der Waals surface area (Å²) in [6, 6.07) is 9.88. The lowest BCUT2D eigenvalue weighted by Crippen LogP contribution is -1.93. The maximum absolute atomic E-state index is 5.36. The van der Waals surface area contributed by atoms with Crippen LogP contribution < -0.4 is 10.5 Å². The molecule has 0 saturated carbocycles. The summed E-state index contributed by atoms with van der Waals surface area (Å²) in [4.78, 5) is 0. The average Bonchev–Trinajstić information content (AvgIpc) is 2.19. The Hall–Kier alpha value is -1.02. The summed E-state index contributed by atoms with van der Waals surface area (Å²) in [7, 11) is 1.50. The van der Waals surface area contributed by atoms with Crippen molar-refractivity contribution in [1.82, 2.24) is 0 Å². The minimum Gasteiger partial charge on any atom is -0.494 e. The van der Waals surface area contributed by atoms with Crippen molar-refractivity contribution in [2.24, 2.45) is 5.73 Å². The first-order valence-electron chi connectivity index (χ1n) is 4.19. The molecule has 1 aromatic rings. The summed E-state index contributed by atoms with van der Waals surface area (Å²) >= 11 is 0. The molecular weight excluding hydrogens is 150 g/mol. The fourth-order valence-corrected chi connectivity index (χ4v) is 0.737. The molecule has 0 aliphatic carbocycles. The Kier molecular flexibility index (Phi) is 7.39. The molecule has 0 unspecified atom stereocenters. The van der Waals surface area contributed by atoms with Crippen molar-refractivity contribution < 1.29 is 4.74 Å². The monoisotopic (exact) mass is 167 g/mol. The molecule has 0 fully saturated rings. The quantitative estimate of drug-likeness (QED) is 0.747. The normalized spacial score (nSPS) is 8.25. The molecule has 0 atom stereocenters. The van der Waals surface area contributed by atoms with Gasteiger partial charge in [0.05, 0.1) is 6.61 Å². The van der Waals surface area contributed by atoms with Crippen LogP contribution in [-0.4, -0.2) is 13.7 Å². The molecule has 0 bridgehead atoms. The summed E-state index contributed by atoms with van der Waals surface area (Å²) < 4.78 is 5.36. The maximum atomic E-state index is 5.36. The van der Waals surface area contributed by atoms with Crippen LogP contribution in [0.4, 0.5) is 0 Å². The second-order valence-electron chi connectivity index (χ2n) is 2.16. The molecule has 0 radical (unpaired) electrons. The van der Waals surface area contributed by atoms with Crippen LogP contribution in [0.5, 0.6) is 5.75 Å². The van der Waals surface area contributed by atoms with Gasteiger partial charge in [-0.15, -0.1) is 0 Å². The number of hydrogen-bond acceptors (Lipinski definition) is 2. The third kappa shape index (κ3) is 4.74. The fourth-order valence-electron chi connectivity index (χ4n) is 0.737. The first-order chi connectivity index (χ1) is 5.93. The lowest BCUT2D eigenvalue weighted by atomic mass is 10.3. The number of ether oxygens (including phenoxy) is 1. The van der Waals surface area contributed by atoms with Crippen LogP contribution in [0.2, 0.25) is 0 Å². The molecule has 0 heterocycles. The smallest absolute Gasteiger partial charge is 0.119 e. The highest BCUT2D eigenvalue weighted by Crippen LogP contribution is 2.07. The molecule has 2 N–H and O–H groups in total. The Morgan fingerprint density at radius 3 is 2.25 bits per heavy atom. The second-order valence-corrected chi connectivity index (χ2v) is 2.16. The largest absolute Gasteiger partial charge is 0.494 e. The number of hydrogen-bond donors (Lipinski definition) is 1. The standard InChI is InChI=1S/C9H12O.CH5N/c1-2-8-10-9-6-4-3-5-7-9;1-2/h3-7H,2,8H2,1H3;2H2,1H3. The first-order valence-corrected chi connectivity index (χ1v) is 4.19. The summed E-state index contributed by atoms with van der Waals surface area (Å²) in [6.07, 6.45) is 1.06. The van der Waals surface area contributed by atoms with Gasteiger partial charge in [-0.2, -0.15) is 0 Å². The van der Waals surface area contributed by atoms with Crippen LogP contribution in [-0.2, 0) is 0 Å². The summed E-state index contributed by atoms with van der Waals surface area (Å²) in [6.45, 7) is 2.91. The molecule has 0 spiro atoms. The summed E-state index contributed by atoms with van der Waals surface area (Å²) in [5.41, 5.74) is 4.50. The van der Waals surface area contributed by atoms with Crippen molar-refractivity contribution in [3.8, 4) is 5.75 Å². The van der Waals surface area contributed by atoms with Crippen molar-refractivity contribution >= 4 is 0 Å². The number of rotatable bonds is 3. The zero-order valence-corrected chi connectivity index (χ0v) is 7.79. The van der Waals surface area contributed by atoms with Gasteiger partial charge < -0.3 is 10.5 Å². The van der Waals surface area contributed by atoms with Gasteiger partial charge in [-0.1, -0.05) is 25.1 Å². The van der Waals surface area contributed by atoms with Crippen LogP contribution in [0, 0.1) is 0 Å². The lowest BCUT2D eigenvalue weighted by molar-refractivity contribution is 0.317. The highest BCUT2D eigenvalue weighted by Gasteiger charge is 1.86. The van der Waals surface area contributed by atoms with E-state index in [1.54, 1.807) is 0 Å². The van der Waals surface area contributed by atoms with Crippen molar-refractivity contribution in [2.75, 3.05) is 13.7 Å². The minimum absolute atomic E-state index is 0.810. The molecular formula is C10H17NO. The predicted octanol–water partition coefficient (Wildman–Crippen LogP) is 2.05. The molecule has 0 aromatic heterocycles. The third-order valence-corrected chi connectivity index (χ3v) is 1.22. The van der Waals surface area contributed by atoms with Crippen LogP contribution in [0.1, 0.15) is 13.3 Å². The van der Waals surface area contributed by atoms with E-state index in [1.807, 2.05) is 30.3 Å². The lowest BCUT2D eigenvalue weighted by Gasteiger charge is -2.01. The van der Waals surface area contributed by atoms with Gasteiger partial charge in [0, 0.05) is 0 Å². The van der Waals surface area contributed by atoms with Gasteiger partial charge in [0.15, 0.2) is 0 Å². The van der Waals surface area contributed by atoms with Gasteiger partial charge in [0.1, 0.15) is 5.75 Å². The Morgan fingerprint density at radius 1 is 1.17 bits per heavy atom. The number of nitrogens with two attached hydrogens (primary N) is 1. The third-order valence-electron chi connectivity index (χ3n) is 1.22. The van der Waals surface area contributed by atoms with E-state index in [9.17, 15) is 0 Å². The Morgan fingerprint density at radius 2 is 1.75 bits per heavy atom. The molecule has 2 nitrogen and oxygen atoms in total. The van der Waals surface area contributed by atoms with E-state index in [2.05, 4.69) is 12.7 Å². The van der Waals surface area contributed by atoms with Crippen LogP contribution >= 0.6 is 0 Å². The number of benzene rings is 1. The molecule has 68 valence electrons. The molecule has 0 aliphatic heterocycles. The molecule has 0 amide bonds. The van der Waals surface area contributed by atoms with Gasteiger partial charge in [0.2, 0.25) is 0 Å². The van der Waals surface area contributed by atoms with E-state index in [4.69, 9.17) is 4.74 Å². The second kappa shape index (κ2) is 8.08. The molecule has 1 aromatic carbocycles. The van der Waals surface area contributed by atoms with E-state index in [0.29, 0.717) is 0 Å². The maximum Gasteiger partial charge on any atom is 0.119 e. The molecule has 12 heavy (non-hydrogen) atoms. The Labute approximate surface area is 74.4 Å². The first kappa shape index (κ1) is 11.0. The van der Waals surface area contributed by atoms with Crippen molar-refractivity contribution in [3.63, 3.8) is 0 Å². The Bertz CT molecular complexity index is 174. The van der Waals surface area contributed by atoms with Gasteiger partial charge >= 0.3 is 0 Å². The predicted molar refractivity (Wildman–Crippen MR) is 52.3 cm³/mol. The molecule has 2 heteroatoms. The topological polar surface area (TPSA) is 35.2 Å². The SMILES string of the molecule is CCCOc1ccccc1.CN. The van der Waals surface area contributed by atoms with Crippen LogP contribution in [0.3, 0.4) is 0 Å². The van der Waals surface area contributed by atoms with Crippen molar-refractivity contribution in [1.29, 1.82) is 0 Å². The van der Waals surface area contributed by atoms with Gasteiger partial charge in [0.25, 0.3) is 0 Å². The van der Waals surface area contributed by atoms with E-state index in [1.165, 1.54) is 7.05 Å². The van der Waals surface area contributed by atoms with Gasteiger partial charge in [-0.3, -0.25) is 0 Å². The van der Waals surface area contributed by atoms with Crippen LogP contribution in [0.25, 0.3) is 0 Å². The average molecular weight is 167 g/mol. The summed E-state index contributed by atoms with van der Waals surface area (Å²) in [5.74, 6) is 0.962. The molecule has 1 rings (SSSR count). The summed E-state index contributed by atoms with van der Waals surface area (Å²) in [5, 5.41) is 0. The zero-order chi connectivity index (χ0) is 9.23. The van der Waals surface area contributed by atoms with E-state index in [-0.39, 0.29) is 0 Å². The van der Waals surface area contributed by atoms with E-state index >= 15 is 0 Å². The molecule has 0 aliphatic rings. The van der Waals surface area contributed by atoms with Crippen molar-refractivity contribution in [3.05, 3.63) is 30.3 Å².